The number of nitrogens with zero attached hydrogens (tertiary/aromatic N) is 2. The molecule has 0 saturated heterocycles. The van der Waals surface area contributed by atoms with Crippen LogP contribution < -0.4 is 43.8 Å². The van der Waals surface area contributed by atoms with Crippen LogP contribution in [0.3, 0.4) is 0 Å². The number of carbonyl (C=O) groups excluding carboxylic acids is 1. The van der Waals surface area contributed by atoms with Crippen LogP contribution in [0, 0.1) is 6.92 Å². The number of allylic oxidation sites excluding steroid dienone is 1. The summed E-state index contributed by atoms with van der Waals surface area (Å²) >= 11 is 0. The van der Waals surface area contributed by atoms with E-state index in [1.807, 2.05) is 37.4 Å². The van der Waals surface area contributed by atoms with Gasteiger partial charge in [0.15, 0.2) is 11.6 Å². The molecule has 0 amide bonds. The van der Waals surface area contributed by atoms with Crippen molar-refractivity contribution in [3.05, 3.63) is 96.3 Å². The third kappa shape index (κ3) is 5.82. The first-order valence-corrected chi connectivity index (χ1v) is 13.7. The van der Waals surface area contributed by atoms with Crippen molar-refractivity contribution < 1.29 is 56.8 Å². The number of nitrogens with one attached hydrogen (secondary N) is 1. The number of para-hydroxylation sites is 1. The number of aromatic nitrogens is 2. The molecule has 0 saturated carbocycles. The summed E-state index contributed by atoms with van der Waals surface area (Å²) < 4.78 is 46.0. The average molecular weight is 581 g/mol. The Morgan fingerprint density at radius 2 is 1.66 bits per heavy atom. The number of sulfonamides is 1. The van der Waals surface area contributed by atoms with E-state index in [1.54, 1.807) is 20.1 Å². The van der Waals surface area contributed by atoms with E-state index in [0.717, 1.165) is 22.2 Å². The number of rotatable bonds is 9. The summed E-state index contributed by atoms with van der Waals surface area (Å²) in [6, 6.07) is 20.7. The number of Topliss-reactive ketones (excluding diaryl/α,β-unsaturated/α-hetero) is 1. The maximum Gasteiger partial charge on any atom is 1.00 e. The van der Waals surface area contributed by atoms with Crippen molar-refractivity contribution in [2.24, 2.45) is 7.05 Å². The Hall–Kier alpha value is -3.83. The third-order valence-corrected chi connectivity index (χ3v) is 8.01. The largest absolute Gasteiger partial charge is 1.00 e. The summed E-state index contributed by atoms with van der Waals surface area (Å²) in [4.78, 5) is 13.5. The average Bonchev–Trinajstić information content (AvgIpc) is 3.52. The molecule has 2 aromatic heterocycles. The van der Waals surface area contributed by atoms with Gasteiger partial charge in [-0.1, -0.05) is 29.9 Å². The molecule has 41 heavy (non-hydrogen) atoms. The molecule has 3 aromatic carbocycles. The summed E-state index contributed by atoms with van der Waals surface area (Å²) in [5, 5.41) is 4.72. The van der Waals surface area contributed by atoms with Gasteiger partial charge in [0.25, 0.3) is 10.0 Å². The Kier molecular flexibility index (Phi) is 8.79. The fraction of sp³-hybridized carbons (Fsp3) is 0.133. The van der Waals surface area contributed by atoms with Crippen LogP contribution in [0.25, 0.3) is 27.7 Å². The molecule has 204 valence electrons. The van der Waals surface area contributed by atoms with Crippen molar-refractivity contribution in [1.82, 2.24) is 9.72 Å². The van der Waals surface area contributed by atoms with Gasteiger partial charge < -0.3 is 18.6 Å². The SMILES string of the molecule is C=C(C(=O)c1ccc(S(=O)(=O)Nc2cc(C)on2)cc1)c1cc(-c2cc3ccccc3n2C)c(OC)cc1OC.[Na+]. The number of benzene rings is 3. The normalized spacial score (nSPS) is 11.1. The molecule has 1 N–H and O–H groups in total. The van der Waals surface area contributed by atoms with Crippen LogP contribution in [0.15, 0.2) is 88.8 Å². The van der Waals surface area contributed by atoms with Gasteiger partial charge in [-0.05, 0) is 49.4 Å². The van der Waals surface area contributed by atoms with Crippen LogP contribution in [0.2, 0.25) is 0 Å². The number of ketones is 1. The quantitative estimate of drug-likeness (QED) is 0.162. The Bertz CT molecular complexity index is 1870. The van der Waals surface area contributed by atoms with E-state index < -0.39 is 10.0 Å². The number of fused-ring (bicyclic) bond motifs is 1. The monoisotopic (exact) mass is 580 g/mol. The summed E-state index contributed by atoms with van der Waals surface area (Å²) in [5.74, 6) is 1.16. The second-order valence-corrected chi connectivity index (χ2v) is 10.8. The van der Waals surface area contributed by atoms with Gasteiger partial charge in [0.05, 0.1) is 24.8 Å². The van der Waals surface area contributed by atoms with E-state index in [4.69, 9.17) is 14.0 Å². The fourth-order valence-corrected chi connectivity index (χ4v) is 5.56. The minimum Gasteiger partial charge on any atom is -0.496 e. The van der Waals surface area contributed by atoms with Gasteiger partial charge in [-0.25, -0.2) is 8.42 Å². The van der Waals surface area contributed by atoms with Gasteiger partial charge in [-0.15, -0.1) is 0 Å². The van der Waals surface area contributed by atoms with Crippen molar-refractivity contribution in [3.8, 4) is 22.8 Å². The molecular weight excluding hydrogens is 553 g/mol. The number of anilines is 1. The van der Waals surface area contributed by atoms with Crippen molar-refractivity contribution >= 4 is 38.1 Å². The maximum atomic E-state index is 13.5. The molecule has 5 rings (SSSR count). The van der Waals surface area contributed by atoms with Crippen LogP contribution in [0.4, 0.5) is 5.82 Å². The number of aryl methyl sites for hydroxylation is 2. The van der Waals surface area contributed by atoms with Gasteiger partial charge in [0, 0.05) is 52.3 Å². The van der Waals surface area contributed by atoms with E-state index >= 15 is 0 Å². The molecule has 0 atom stereocenters. The summed E-state index contributed by atoms with van der Waals surface area (Å²) in [6.45, 7) is 5.72. The topological polar surface area (TPSA) is 113 Å². The Balaban J connectivity index is 0.00000387. The first-order valence-electron chi connectivity index (χ1n) is 12.2. The van der Waals surface area contributed by atoms with Crippen LogP contribution in [-0.4, -0.2) is 38.1 Å². The minimum atomic E-state index is -3.93. The Labute approximate surface area is 260 Å². The molecule has 0 aliphatic carbocycles. The van der Waals surface area contributed by atoms with Crippen molar-refractivity contribution in [3.63, 3.8) is 0 Å². The molecule has 5 aromatic rings. The standard InChI is InChI=1S/C30H27N3O6S.Na/c1-18-14-29(31-39-18)32-40(35,36)22-12-10-20(11-13-22)30(34)19(2)23-16-24(28(38-5)17-27(23)37-4)26-15-21-8-6-7-9-25(21)33(26)3;/h6-17H,2H2,1,3-5H3,(H,31,32);/q;+1. The number of hydrogen-bond donors (Lipinski definition) is 1. The second-order valence-electron chi connectivity index (χ2n) is 9.16. The molecule has 0 fully saturated rings. The third-order valence-electron chi connectivity index (χ3n) is 6.64. The van der Waals surface area contributed by atoms with E-state index in [1.165, 1.54) is 37.4 Å². The van der Waals surface area contributed by atoms with Gasteiger partial charge in [-0.2, -0.15) is 0 Å². The fourth-order valence-electron chi connectivity index (χ4n) is 4.58. The maximum absolute atomic E-state index is 13.5. The Morgan fingerprint density at radius 3 is 2.27 bits per heavy atom. The van der Waals surface area contributed by atoms with Crippen molar-refractivity contribution in [2.75, 3.05) is 18.9 Å². The molecular formula is C30H27N3NaO6S+. The molecule has 9 nitrogen and oxygen atoms in total. The number of ether oxygens (including phenoxy) is 2. The Morgan fingerprint density at radius 1 is 0.976 bits per heavy atom. The number of carbonyl (C=O) groups is 1. The molecule has 11 heteroatoms. The van der Waals surface area contributed by atoms with Crippen LogP contribution in [0.1, 0.15) is 21.7 Å². The molecule has 0 spiro atoms. The van der Waals surface area contributed by atoms with E-state index in [9.17, 15) is 13.2 Å². The van der Waals surface area contributed by atoms with E-state index in [2.05, 4.69) is 27.1 Å². The van der Waals surface area contributed by atoms with Gasteiger partial charge in [0.1, 0.15) is 17.3 Å². The van der Waals surface area contributed by atoms with E-state index in [-0.39, 0.29) is 57.2 Å². The molecule has 0 aliphatic rings. The zero-order valence-corrected chi connectivity index (χ0v) is 26.2. The first kappa shape index (κ1) is 30.1. The van der Waals surface area contributed by atoms with E-state index in [0.29, 0.717) is 22.8 Å². The number of hydrogen-bond acceptors (Lipinski definition) is 7. The predicted molar refractivity (Wildman–Crippen MR) is 153 cm³/mol. The minimum absolute atomic E-state index is 0. The smallest absolute Gasteiger partial charge is 0.496 e. The van der Waals surface area contributed by atoms with Gasteiger partial charge in [0.2, 0.25) is 0 Å². The summed E-state index contributed by atoms with van der Waals surface area (Å²) in [7, 11) is 1.13. The molecule has 0 bridgehead atoms. The molecule has 0 aliphatic heterocycles. The first-order chi connectivity index (χ1) is 19.1. The molecule has 0 radical (unpaired) electrons. The van der Waals surface area contributed by atoms with Crippen LogP contribution in [-0.2, 0) is 17.1 Å². The van der Waals surface area contributed by atoms with Crippen LogP contribution in [0.5, 0.6) is 11.5 Å². The van der Waals surface area contributed by atoms with Crippen LogP contribution >= 0.6 is 0 Å². The zero-order chi connectivity index (χ0) is 28.6. The predicted octanol–water partition coefficient (Wildman–Crippen LogP) is 2.86. The summed E-state index contributed by atoms with van der Waals surface area (Å²) in [6.07, 6.45) is 0. The molecule has 2 heterocycles. The van der Waals surface area contributed by atoms with Gasteiger partial charge in [-0.3, -0.25) is 9.52 Å². The van der Waals surface area contributed by atoms with Crippen molar-refractivity contribution in [2.45, 2.75) is 11.8 Å². The van der Waals surface area contributed by atoms with Gasteiger partial charge >= 0.3 is 29.6 Å². The van der Waals surface area contributed by atoms with Crippen molar-refractivity contribution in [1.29, 1.82) is 0 Å². The summed E-state index contributed by atoms with van der Waals surface area (Å²) in [5.41, 5.74) is 3.66. The second kappa shape index (κ2) is 12.0. The molecule has 0 unspecified atom stereocenters. The zero-order valence-electron chi connectivity index (χ0n) is 23.4. The number of methoxy groups -OCH3 is 2.